The molecular weight excluding hydrogens is 282 g/mol. The summed E-state index contributed by atoms with van der Waals surface area (Å²) in [5, 5.41) is 4.22. The summed E-state index contributed by atoms with van der Waals surface area (Å²) in [4.78, 5) is 9.69. The summed E-state index contributed by atoms with van der Waals surface area (Å²) in [6, 6.07) is 7.98. The molecule has 0 bridgehead atoms. The molecule has 108 valence electrons. The zero-order valence-electron chi connectivity index (χ0n) is 11.9. The first-order valence-electron chi connectivity index (χ1n) is 7.63. The summed E-state index contributed by atoms with van der Waals surface area (Å²) in [6.45, 7) is 1.95. The van der Waals surface area contributed by atoms with Gasteiger partial charge in [0.15, 0.2) is 0 Å². The Bertz CT molecular complexity index is 680. The third-order valence-electron chi connectivity index (χ3n) is 4.23. The second-order valence-corrected chi connectivity index (χ2v) is 6.39. The van der Waals surface area contributed by atoms with Crippen molar-refractivity contribution in [1.29, 1.82) is 0 Å². The summed E-state index contributed by atoms with van der Waals surface area (Å²) < 4.78 is 0. The summed E-state index contributed by atoms with van der Waals surface area (Å²) >= 11 is 6.07. The number of hydrogen-bond acceptors (Lipinski definition) is 3. The standard InChI is InChI=1S/C17H18ClN3/c18-13-3-1-2-11(8-13)9-16-20-15-6-7-19-10-14(15)17(21-16)12-4-5-12/h1-3,8,12,19H,4-7,9-10H2. The van der Waals surface area contributed by atoms with E-state index in [0.717, 1.165) is 36.8 Å². The molecular formula is C17H18ClN3. The van der Waals surface area contributed by atoms with E-state index in [1.807, 2.05) is 18.2 Å². The van der Waals surface area contributed by atoms with Crippen molar-refractivity contribution in [3.63, 3.8) is 0 Å². The predicted molar refractivity (Wildman–Crippen MR) is 83.7 cm³/mol. The molecule has 1 aromatic heterocycles. The first-order valence-corrected chi connectivity index (χ1v) is 8.01. The molecule has 1 aliphatic carbocycles. The van der Waals surface area contributed by atoms with Crippen LogP contribution in [0, 0.1) is 0 Å². The molecule has 1 aliphatic heterocycles. The summed E-state index contributed by atoms with van der Waals surface area (Å²) in [5.74, 6) is 1.61. The number of fused-ring (bicyclic) bond motifs is 1. The van der Waals surface area contributed by atoms with Gasteiger partial charge >= 0.3 is 0 Å². The zero-order valence-corrected chi connectivity index (χ0v) is 12.7. The Kier molecular flexibility index (Phi) is 3.40. The number of hydrogen-bond donors (Lipinski definition) is 1. The van der Waals surface area contributed by atoms with Crippen LogP contribution >= 0.6 is 11.6 Å². The zero-order chi connectivity index (χ0) is 14.2. The van der Waals surface area contributed by atoms with Crippen molar-refractivity contribution >= 4 is 11.6 Å². The van der Waals surface area contributed by atoms with Crippen LogP contribution in [-0.2, 0) is 19.4 Å². The summed E-state index contributed by atoms with van der Waals surface area (Å²) in [5.41, 5.74) is 5.09. The minimum absolute atomic E-state index is 0.666. The first-order chi connectivity index (χ1) is 10.3. The molecule has 0 atom stereocenters. The minimum Gasteiger partial charge on any atom is -0.312 e. The van der Waals surface area contributed by atoms with Gasteiger partial charge in [0.05, 0.1) is 11.4 Å². The van der Waals surface area contributed by atoms with Crippen LogP contribution in [-0.4, -0.2) is 16.5 Å². The lowest BCUT2D eigenvalue weighted by atomic mass is 10.0. The summed E-state index contributed by atoms with van der Waals surface area (Å²) in [6.07, 6.45) is 4.33. The van der Waals surface area contributed by atoms with Gasteiger partial charge in [-0.3, -0.25) is 0 Å². The molecule has 1 N–H and O–H groups in total. The fraction of sp³-hybridized carbons (Fsp3) is 0.412. The van der Waals surface area contributed by atoms with Crippen LogP contribution in [0.3, 0.4) is 0 Å². The van der Waals surface area contributed by atoms with Gasteiger partial charge < -0.3 is 5.32 Å². The minimum atomic E-state index is 0.666. The van der Waals surface area contributed by atoms with Gasteiger partial charge in [0.1, 0.15) is 5.82 Å². The average Bonchev–Trinajstić information content (AvgIpc) is 3.31. The van der Waals surface area contributed by atoms with E-state index in [2.05, 4.69) is 11.4 Å². The van der Waals surface area contributed by atoms with Gasteiger partial charge in [-0.25, -0.2) is 9.97 Å². The second kappa shape index (κ2) is 5.39. The lowest BCUT2D eigenvalue weighted by Crippen LogP contribution is -2.27. The molecule has 1 saturated carbocycles. The van der Waals surface area contributed by atoms with Crippen molar-refractivity contribution in [3.05, 3.63) is 57.6 Å². The number of halogens is 1. The highest BCUT2D eigenvalue weighted by molar-refractivity contribution is 6.30. The van der Waals surface area contributed by atoms with Crippen molar-refractivity contribution in [3.8, 4) is 0 Å². The molecule has 1 aromatic carbocycles. The summed E-state index contributed by atoms with van der Waals surface area (Å²) in [7, 11) is 0. The smallest absolute Gasteiger partial charge is 0.133 e. The van der Waals surface area contributed by atoms with Crippen molar-refractivity contribution in [2.45, 2.75) is 38.1 Å². The molecule has 2 aliphatic rings. The normalized spacial score (nSPS) is 17.6. The Morgan fingerprint density at radius 3 is 2.95 bits per heavy atom. The van der Waals surface area contributed by atoms with Gasteiger partial charge in [0.25, 0.3) is 0 Å². The molecule has 2 aromatic rings. The van der Waals surface area contributed by atoms with Crippen LogP contribution in [0.5, 0.6) is 0 Å². The fourth-order valence-corrected chi connectivity index (χ4v) is 3.24. The molecule has 0 unspecified atom stereocenters. The van der Waals surface area contributed by atoms with E-state index >= 15 is 0 Å². The van der Waals surface area contributed by atoms with Crippen molar-refractivity contribution in [1.82, 2.24) is 15.3 Å². The number of aromatic nitrogens is 2. The van der Waals surface area contributed by atoms with E-state index in [1.54, 1.807) is 0 Å². The molecule has 4 rings (SSSR count). The molecule has 0 spiro atoms. The topological polar surface area (TPSA) is 37.8 Å². The highest BCUT2D eigenvalue weighted by Gasteiger charge is 2.30. The van der Waals surface area contributed by atoms with Crippen molar-refractivity contribution in [2.24, 2.45) is 0 Å². The quantitative estimate of drug-likeness (QED) is 0.945. The Morgan fingerprint density at radius 2 is 2.14 bits per heavy atom. The maximum Gasteiger partial charge on any atom is 0.133 e. The van der Waals surface area contributed by atoms with Crippen molar-refractivity contribution < 1.29 is 0 Å². The molecule has 0 amide bonds. The molecule has 0 saturated heterocycles. The SMILES string of the molecule is Clc1cccc(Cc2nc3c(c(C4CC4)n2)CNCC3)c1. The highest BCUT2D eigenvalue weighted by Crippen LogP contribution is 2.41. The fourth-order valence-electron chi connectivity index (χ4n) is 3.03. The van der Waals surface area contributed by atoms with Crippen LogP contribution in [0.1, 0.15) is 47.1 Å². The third-order valence-corrected chi connectivity index (χ3v) is 4.46. The lowest BCUT2D eigenvalue weighted by Gasteiger charge is -2.20. The second-order valence-electron chi connectivity index (χ2n) is 5.96. The largest absolute Gasteiger partial charge is 0.312 e. The Labute approximate surface area is 129 Å². The average molecular weight is 300 g/mol. The van der Waals surface area contributed by atoms with E-state index < -0.39 is 0 Å². The van der Waals surface area contributed by atoms with Crippen LogP contribution < -0.4 is 5.32 Å². The lowest BCUT2D eigenvalue weighted by molar-refractivity contribution is 0.610. The Balaban J connectivity index is 1.70. The maximum atomic E-state index is 6.07. The molecule has 4 heteroatoms. The van der Waals surface area contributed by atoms with Crippen LogP contribution in [0.15, 0.2) is 24.3 Å². The number of rotatable bonds is 3. The number of nitrogens with zero attached hydrogens (tertiary/aromatic N) is 2. The molecule has 21 heavy (non-hydrogen) atoms. The molecule has 1 fully saturated rings. The van der Waals surface area contributed by atoms with Gasteiger partial charge in [-0.2, -0.15) is 0 Å². The highest BCUT2D eigenvalue weighted by atomic mass is 35.5. The number of benzene rings is 1. The van der Waals surface area contributed by atoms with Gasteiger partial charge in [0.2, 0.25) is 0 Å². The first kappa shape index (κ1) is 13.2. The Morgan fingerprint density at radius 1 is 1.24 bits per heavy atom. The monoisotopic (exact) mass is 299 g/mol. The van der Waals surface area contributed by atoms with Crippen LogP contribution in [0.2, 0.25) is 5.02 Å². The van der Waals surface area contributed by atoms with E-state index in [1.165, 1.54) is 35.4 Å². The van der Waals surface area contributed by atoms with Gasteiger partial charge in [-0.15, -0.1) is 0 Å². The maximum absolute atomic E-state index is 6.07. The van der Waals surface area contributed by atoms with E-state index in [-0.39, 0.29) is 0 Å². The van der Waals surface area contributed by atoms with E-state index in [4.69, 9.17) is 21.6 Å². The van der Waals surface area contributed by atoms with E-state index in [9.17, 15) is 0 Å². The van der Waals surface area contributed by atoms with Crippen molar-refractivity contribution in [2.75, 3.05) is 6.54 Å². The van der Waals surface area contributed by atoms with Gasteiger partial charge in [-0.05, 0) is 30.5 Å². The van der Waals surface area contributed by atoms with Crippen LogP contribution in [0.4, 0.5) is 0 Å². The van der Waals surface area contributed by atoms with Gasteiger partial charge in [-0.1, -0.05) is 23.7 Å². The predicted octanol–water partition coefficient (Wildman–Crippen LogP) is 3.24. The van der Waals surface area contributed by atoms with Gasteiger partial charge in [0, 0.05) is 42.4 Å². The third kappa shape index (κ3) is 2.81. The number of nitrogens with one attached hydrogen (secondary N) is 1. The molecule has 2 heterocycles. The molecule has 3 nitrogen and oxygen atoms in total. The van der Waals surface area contributed by atoms with Crippen LogP contribution in [0.25, 0.3) is 0 Å². The molecule has 0 radical (unpaired) electrons. The van der Waals surface area contributed by atoms with E-state index in [0.29, 0.717) is 5.92 Å². The Hall–Kier alpha value is -1.45.